The van der Waals surface area contributed by atoms with Crippen molar-refractivity contribution in [2.45, 2.75) is 52.5 Å². The molecule has 0 spiro atoms. The van der Waals surface area contributed by atoms with Crippen LogP contribution in [-0.4, -0.2) is 11.9 Å². The lowest BCUT2D eigenvalue weighted by Gasteiger charge is -2.33. The molecule has 126 valence electrons. The average molecular weight is 321 g/mol. The van der Waals surface area contributed by atoms with E-state index >= 15 is 0 Å². The van der Waals surface area contributed by atoms with E-state index in [1.54, 1.807) is 0 Å². The van der Waals surface area contributed by atoms with Gasteiger partial charge in [-0.25, -0.2) is 0 Å². The Morgan fingerprint density at radius 2 is 1.62 bits per heavy atom. The monoisotopic (exact) mass is 321 g/mol. The minimum atomic E-state index is -0.373. The summed E-state index contributed by atoms with van der Waals surface area (Å²) in [6, 6.07) is 19.2. The van der Waals surface area contributed by atoms with Gasteiger partial charge in [-0.2, -0.15) is 0 Å². The minimum Gasteiger partial charge on any atom is -0.308 e. The van der Waals surface area contributed by atoms with Crippen molar-refractivity contribution < 1.29 is 4.79 Å². The van der Waals surface area contributed by atoms with Crippen LogP contribution < -0.4 is 4.90 Å². The van der Waals surface area contributed by atoms with Crippen LogP contribution in [0.1, 0.15) is 51.2 Å². The lowest BCUT2D eigenvalue weighted by Crippen LogP contribution is -2.45. The highest BCUT2D eigenvalue weighted by Crippen LogP contribution is 2.44. The van der Waals surface area contributed by atoms with E-state index in [0.29, 0.717) is 5.92 Å². The van der Waals surface area contributed by atoms with E-state index in [0.717, 1.165) is 18.5 Å². The van der Waals surface area contributed by atoms with Gasteiger partial charge in [0.15, 0.2) is 0 Å². The lowest BCUT2D eigenvalue weighted by molar-refractivity contribution is -0.126. The highest BCUT2D eigenvalue weighted by molar-refractivity contribution is 5.99. The Labute approximate surface area is 145 Å². The molecular formula is C22H27NO. The van der Waals surface area contributed by atoms with Gasteiger partial charge in [-0.05, 0) is 30.0 Å². The van der Waals surface area contributed by atoms with Crippen molar-refractivity contribution in [1.29, 1.82) is 0 Å². The molecule has 2 atom stereocenters. The van der Waals surface area contributed by atoms with Crippen LogP contribution in [0.25, 0.3) is 0 Å². The molecule has 0 saturated heterocycles. The maximum Gasteiger partial charge on any atom is 0.232 e. The summed E-state index contributed by atoms with van der Waals surface area (Å²) in [5.41, 5.74) is 3.36. The number of para-hydroxylation sites is 1. The molecule has 3 rings (SSSR count). The Morgan fingerprint density at radius 1 is 1.00 bits per heavy atom. The number of hydrogen-bond acceptors (Lipinski definition) is 1. The summed E-state index contributed by atoms with van der Waals surface area (Å²) < 4.78 is 0. The average Bonchev–Trinajstić information content (AvgIpc) is 2.85. The first kappa shape index (κ1) is 16.8. The summed E-state index contributed by atoms with van der Waals surface area (Å²) in [5.74, 6) is 0.591. The molecule has 1 heterocycles. The van der Waals surface area contributed by atoms with Gasteiger partial charge in [0.1, 0.15) is 0 Å². The molecule has 0 N–H and O–H groups in total. The van der Waals surface area contributed by atoms with Gasteiger partial charge in [-0.1, -0.05) is 76.2 Å². The molecule has 0 radical (unpaired) electrons. The standard InChI is InChI=1S/C22H27NO/c1-16-18-12-8-9-13-20(18)23(21(24)22(2,3)4)19(16)15-14-17-10-6-5-7-11-17/h5-13,16,19H,14-15H2,1-4H3/t16-,19+/m1/s1. The lowest BCUT2D eigenvalue weighted by atomic mass is 9.90. The molecule has 0 saturated carbocycles. The predicted molar refractivity (Wildman–Crippen MR) is 100 cm³/mol. The number of carbonyl (C=O) groups is 1. The summed E-state index contributed by atoms with van der Waals surface area (Å²) in [5, 5.41) is 0. The van der Waals surface area contributed by atoms with Crippen LogP contribution in [0.2, 0.25) is 0 Å². The molecule has 2 heteroatoms. The summed E-state index contributed by atoms with van der Waals surface area (Å²) >= 11 is 0. The number of carbonyl (C=O) groups excluding carboxylic acids is 1. The van der Waals surface area contributed by atoms with Gasteiger partial charge >= 0.3 is 0 Å². The van der Waals surface area contributed by atoms with Crippen LogP contribution in [-0.2, 0) is 11.2 Å². The topological polar surface area (TPSA) is 20.3 Å². The van der Waals surface area contributed by atoms with Crippen LogP contribution in [0.5, 0.6) is 0 Å². The summed E-state index contributed by atoms with van der Waals surface area (Å²) in [7, 11) is 0. The molecule has 24 heavy (non-hydrogen) atoms. The van der Waals surface area contributed by atoms with Crippen LogP contribution in [0.3, 0.4) is 0 Å². The quantitative estimate of drug-likeness (QED) is 0.762. The van der Waals surface area contributed by atoms with Gasteiger partial charge in [0.25, 0.3) is 0 Å². The van der Waals surface area contributed by atoms with Gasteiger partial charge in [0.05, 0.1) is 0 Å². The zero-order valence-corrected chi connectivity index (χ0v) is 15.1. The second-order valence-electron chi connectivity index (χ2n) is 7.86. The minimum absolute atomic E-state index is 0.220. The first-order valence-electron chi connectivity index (χ1n) is 8.86. The van der Waals surface area contributed by atoms with Crippen LogP contribution in [0.15, 0.2) is 54.6 Å². The Morgan fingerprint density at radius 3 is 2.29 bits per heavy atom. The molecule has 1 amide bonds. The maximum atomic E-state index is 13.1. The number of benzene rings is 2. The first-order chi connectivity index (χ1) is 11.4. The largest absolute Gasteiger partial charge is 0.308 e. The number of aryl methyl sites for hydroxylation is 1. The SMILES string of the molecule is C[C@@H]1c2ccccc2N(C(=O)C(C)(C)C)[C@H]1CCc1ccccc1. The van der Waals surface area contributed by atoms with Crippen molar-refractivity contribution in [3.8, 4) is 0 Å². The molecule has 0 aromatic heterocycles. The van der Waals surface area contributed by atoms with Gasteiger partial charge in [0.2, 0.25) is 5.91 Å². The Hall–Kier alpha value is -2.09. The Bertz CT molecular complexity index is 714. The second kappa shape index (κ2) is 6.43. The first-order valence-corrected chi connectivity index (χ1v) is 8.86. The highest BCUT2D eigenvalue weighted by atomic mass is 16.2. The number of rotatable bonds is 3. The molecule has 0 unspecified atom stereocenters. The second-order valence-corrected chi connectivity index (χ2v) is 7.86. The van der Waals surface area contributed by atoms with Crippen molar-refractivity contribution in [2.24, 2.45) is 5.41 Å². The third-order valence-corrected chi connectivity index (χ3v) is 5.03. The fraction of sp³-hybridized carbons (Fsp3) is 0.409. The van der Waals surface area contributed by atoms with Gasteiger partial charge < -0.3 is 4.90 Å². The summed E-state index contributed by atoms with van der Waals surface area (Å²) in [4.78, 5) is 15.2. The molecule has 1 aliphatic rings. The number of nitrogens with zero attached hydrogens (tertiary/aromatic N) is 1. The molecule has 0 aliphatic carbocycles. The van der Waals surface area contributed by atoms with E-state index in [1.807, 2.05) is 32.9 Å². The van der Waals surface area contributed by atoms with E-state index < -0.39 is 0 Å². The normalized spacial score (nSPS) is 20.1. The van der Waals surface area contributed by atoms with Crippen LogP contribution in [0.4, 0.5) is 5.69 Å². The molecular weight excluding hydrogens is 294 g/mol. The third kappa shape index (κ3) is 3.10. The highest BCUT2D eigenvalue weighted by Gasteiger charge is 2.41. The van der Waals surface area contributed by atoms with E-state index in [-0.39, 0.29) is 17.4 Å². The maximum absolute atomic E-state index is 13.1. The van der Waals surface area contributed by atoms with E-state index in [1.165, 1.54) is 11.1 Å². The number of anilines is 1. The smallest absolute Gasteiger partial charge is 0.232 e. The molecule has 2 aromatic carbocycles. The third-order valence-electron chi connectivity index (χ3n) is 5.03. The van der Waals surface area contributed by atoms with Gasteiger partial charge in [-0.15, -0.1) is 0 Å². The van der Waals surface area contributed by atoms with Crippen molar-refractivity contribution >= 4 is 11.6 Å². The molecule has 2 nitrogen and oxygen atoms in total. The fourth-order valence-electron chi connectivity index (χ4n) is 3.66. The van der Waals surface area contributed by atoms with Gasteiger partial charge in [0, 0.05) is 23.1 Å². The summed E-state index contributed by atoms with van der Waals surface area (Å²) in [6.45, 7) is 8.28. The van der Waals surface area contributed by atoms with E-state index in [2.05, 4.69) is 54.3 Å². The number of amides is 1. The Kier molecular flexibility index (Phi) is 4.49. The molecule has 0 bridgehead atoms. The number of hydrogen-bond donors (Lipinski definition) is 0. The molecule has 1 aliphatic heterocycles. The van der Waals surface area contributed by atoms with E-state index in [9.17, 15) is 4.79 Å². The molecule has 0 fully saturated rings. The zero-order valence-electron chi connectivity index (χ0n) is 15.1. The van der Waals surface area contributed by atoms with Crippen molar-refractivity contribution in [1.82, 2.24) is 0 Å². The zero-order chi connectivity index (χ0) is 17.3. The van der Waals surface area contributed by atoms with Crippen LogP contribution >= 0.6 is 0 Å². The van der Waals surface area contributed by atoms with E-state index in [4.69, 9.17) is 0 Å². The molecule has 2 aromatic rings. The fourth-order valence-corrected chi connectivity index (χ4v) is 3.66. The van der Waals surface area contributed by atoms with Crippen molar-refractivity contribution in [3.63, 3.8) is 0 Å². The van der Waals surface area contributed by atoms with Crippen LogP contribution in [0, 0.1) is 5.41 Å². The van der Waals surface area contributed by atoms with Gasteiger partial charge in [-0.3, -0.25) is 4.79 Å². The summed E-state index contributed by atoms with van der Waals surface area (Å²) in [6.07, 6.45) is 1.99. The Balaban J connectivity index is 1.90. The number of fused-ring (bicyclic) bond motifs is 1. The van der Waals surface area contributed by atoms with Crippen molar-refractivity contribution in [3.05, 3.63) is 65.7 Å². The van der Waals surface area contributed by atoms with Crippen molar-refractivity contribution in [2.75, 3.05) is 4.90 Å². The predicted octanol–water partition coefficient (Wildman–Crippen LogP) is 5.18.